The average Bonchev–Trinajstić information content (AvgIpc) is 1.85. The Morgan fingerprint density at radius 2 is 2.36 bits per heavy atom. The van der Waals surface area contributed by atoms with E-state index in [1.807, 2.05) is 12.2 Å². The van der Waals surface area contributed by atoms with Gasteiger partial charge in [-0.15, -0.1) is 5.73 Å². The summed E-state index contributed by atoms with van der Waals surface area (Å²) in [6.45, 7) is 4.42. The topological polar surface area (TPSA) is 26.0 Å². The van der Waals surface area contributed by atoms with E-state index in [4.69, 9.17) is 5.73 Å². The standard InChI is InChI=1S/C10H15N/c1-8(2)6-9-4-3-5-10(11)7-9/h3,5,8H,6-7,11H2,1-2H3. The van der Waals surface area contributed by atoms with Crippen LogP contribution in [0.15, 0.2) is 29.2 Å². The first-order valence-electron chi connectivity index (χ1n) is 4.07. The van der Waals surface area contributed by atoms with E-state index in [1.54, 1.807) is 0 Å². The molecule has 0 heterocycles. The second-order valence-electron chi connectivity index (χ2n) is 3.43. The van der Waals surface area contributed by atoms with E-state index >= 15 is 0 Å². The van der Waals surface area contributed by atoms with Crippen molar-refractivity contribution in [2.75, 3.05) is 0 Å². The summed E-state index contributed by atoms with van der Waals surface area (Å²) in [5, 5.41) is 0. The molecule has 0 fully saturated rings. The van der Waals surface area contributed by atoms with Gasteiger partial charge in [0.1, 0.15) is 0 Å². The third kappa shape index (κ3) is 2.65. The van der Waals surface area contributed by atoms with Gasteiger partial charge in [0, 0.05) is 12.1 Å². The molecule has 0 amide bonds. The van der Waals surface area contributed by atoms with Crippen molar-refractivity contribution in [1.29, 1.82) is 0 Å². The van der Waals surface area contributed by atoms with Crippen molar-refractivity contribution < 1.29 is 0 Å². The van der Waals surface area contributed by atoms with E-state index in [1.165, 1.54) is 5.57 Å². The molecule has 0 unspecified atom stereocenters. The van der Waals surface area contributed by atoms with Gasteiger partial charge in [0.05, 0.1) is 0 Å². The molecule has 0 spiro atoms. The first-order chi connectivity index (χ1) is 5.18. The minimum atomic E-state index is 0.705. The summed E-state index contributed by atoms with van der Waals surface area (Å²) in [5.74, 6) is 0.705. The van der Waals surface area contributed by atoms with Gasteiger partial charge in [0.15, 0.2) is 0 Å². The highest BCUT2D eigenvalue weighted by molar-refractivity contribution is 5.23. The van der Waals surface area contributed by atoms with Gasteiger partial charge in [-0.25, -0.2) is 0 Å². The van der Waals surface area contributed by atoms with Crippen LogP contribution in [0.25, 0.3) is 0 Å². The molecule has 1 rings (SSSR count). The normalized spacial score (nSPS) is 16.6. The molecule has 1 heteroatoms. The smallest absolute Gasteiger partial charge is 0.0156 e. The highest BCUT2D eigenvalue weighted by Gasteiger charge is 2.03. The van der Waals surface area contributed by atoms with Gasteiger partial charge in [-0.3, -0.25) is 0 Å². The summed E-state index contributed by atoms with van der Waals surface area (Å²) >= 11 is 0. The molecule has 0 saturated carbocycles. The summed E-state index contributed by atoms with van der Waals surface area (Å²) in [4.78, 5) is 0. The van der Waals surface area contributed by atoms with E-state index in [-0.39, 0.29) is 0 Å². The van der Waals surface area contributed by atoms with E-state index in [2.05, 4.69) is 19.6 Å². The Labute approximate surface area is 68.3 Å². The Bertz CT molecular complexity index is 227. The lowest BCUT2D eigenvalue weighted by molar-refractivity contribution is 0.632. The SMILES string of the molecule is CC(C)CC1=C=CC=C(N)C1. The zero-order chi connectivity index (χ0) is 8.27. The van der Waals surface area contributed by atoms with Crippen LogP contribution in [0.3, 0.4) is 0 Å². The summed E-state index contributed by atoms with van der Waals surface area (Å²) in [5.41, 5.74) is 11.2. The molecule has 0 aromatic carbocycles. The molecule has 0 saturated heterocycles. The van der Waals surface area contributed by atoms with Crippen LogP contribution in [0.1, 0.15) is 26.7 Å². The lowest BCUT2D eigenvalue weighted by atomic mass is 9.98. The highest BCUT2D eigenvalue weighted by Crippen LogP contribution is 2.17. The first kappa shape index (κ1) is 8.16. The van der Waals surface area contributed by atoms with Crippen LogP contribution in [0.4, 0.5) is 0 Å². The Kier molecular flexibility index (Phi) is 2.56. The minimum absolute atomic E-state index is 0.705. The maximum absolute atomic E-state index is 5.67. The van der Waals surface area contributed by atoms with Gasteiger partial charge in [0.25, 0.3) is 0 Å². The van der Waals surface area contributed by atoms with Crippen LogP contribution in [-0.2, 0) is 0 Å². The minimum Gasteiger partial charge on any atom is -0.402 e. The molecule has 1 aliphatic rings. The maximum atomic E-state index is 5.67. The van der Waals surface area contributed by atoms with Gasteiger partial charge in [-0.05, 0) is 30.1 Å². The number of rotatable bonds is 2. The van der Waals surface area contributed by atoms with Crippen molar-refractivity contribution in [3.63, 3.8) is 0 Å². The highest BCUT2D eigenvalue weighted by atomic mass is 14.6. The summed E-state index contributed by atoms with van der Waals surface area (Å²) in [6.07, 6.45) is 5.86. The fraction of sp³-hybridized carbons (Fsp3) is 0.500. The lowest BCUT2D eigenvalue weighted by Gasteiger charge is -2.09. The monoisotopic (exact) mass is 149 g/mol. The number of allylic oxidation sites excluding steroid dienone is 2. The summed E-state index contributed by atoms with van der Waals surface area (Å²) < 4.78 is 0. The van der Waals surface area contributed by atoms with Crippen LogP contribution in [0, 0.1) is 5.92 Å². The quantitative estimate of drug-likeness (QED) is 0.599. The van der Waals surface area contributed by atoms with E-state index in [0.717, 1.165) is 18.5 Å². The molecule has 1 aliphatic carbocycles. The lowest BCUT2D eigenvalue weighted by Crippen LogP contribution is -2.02. The molecule has 0 atom stereocenters. The Morgan fingerprint density at radius 3 is 2.91 bits per heavy atom. The van der Waals surface area contributed by atoms with E-state index in [0.29, 0.717) is 5.92 Å². The number of nitrogens with two attached hydrogens (primary N) is 1. The zero-order valence-corrected chi connectivity index (χ0v) is 7.22. The summed E-state index contributed by atoms with van der Waals surface area (Å²) in [6, 6.07) is 0. The predicted octanol–water partition coefficient (Wildman–Crippen LogP) is 2.36. The van der Waals surface area contributed by atoms with Crippen molar-refractivity contribution in [3.8, 4) is 0 Å². The van der Waals surface area contributed by atoms with Crippen LogP contribution in [0.2, 0.25) is 0 Å². The molecule has 2 N–H and O–H groups in total. The molecular weight excluding hydrogens is 134 g/mol. The van der Waals surface area contributed by atoms with Crippen molar-refractivity contribution >= 4 is 0 Å². The molecule has 0 aromatic rings. The molecule has 11 heavy (non-hydrogen) atoms. The van der Waals surface area contributed by atoms with Crippen molar-refractivity contribution in [1.82, 2.24) is 0 Å². The van der Waals surface area contributed by atoms with Gasteiger partial charge < -0.3 is 5.73 Å². The van der Waals surface area contributed by atoms with Gasteiger partial charge in [-0.1, -0.05) is 13.8 Å². The van der Waals surface area contributed by atoms with Crippen molar-refractivity contribution in [2.45, 2.75) is 26.7 Å². The van der Waals surface area contributed by atoms with Gasteiger partial charge >= 0.3 is 0 Å². The third-order valence-corrected chi connectivity index (χ3v) is 1.66. The van der Waals surface area contributed by atoms with Crippen LogP contribution < -0.4 is 5.73 Å². The molecular formula is C10H15N. The second-order valence-corrected chi connectivity index (χ2v) is 3.43. The third-order valence-electron chi connectivity index (χ3n) is 1.66. The molecule has 0 aromatic heterocycles. The fourth-order valence-electron chi connectivity index (χ4n) is 1.25. The molecule has 0 bridgehead atoms. The number of hydrogen-bond donors (Lipinski definition) is 1. The molecule has 1 nitrogen and oxygen atoms in total. The van der Waals surface area contributed by atoms with Crippen LogP contribution in [0.5, 0.6) is 0 Å². The first-order valence-corrected chi connectivity index (χ1v) is 4.07. The zero-order valence-electron chi connectivity index (χ0n) is 7.22. The molecule has 60 valence electrons. The van der Waals surface area contributed by atoms with E-state index in [9.17, 15) is 0 Å². The summed E-state index contributed by atoms with van der Waals surface area (Å²) in [7, 11) is 0. The Morgan fingerprint density at radius 1 is 1.64 bits per heavy atom. The fourth-order valence-corrected chi connectivity index (χ4v) is 1.25. The van der Waals surface area contributed by atoms with Crippen LogP contribution >= 0.6 is 0 Å². The molecule has 0 aliphatic heterocycles. The van der Waals surface area contributed by atoms with E-state index < -0.39 is 0 Å². The molecule has 0 radical (unpaired) electrons. The van der Waals surface area contributed by atoms with Crippen LogP contribution in [-0.4, -0.2) is 0 Å². The Hall–Kier alpha value is -0.940. The van der Waals surface area contributed by atoms with Gasteiger partial charge in [-0.2, -0.15) is 0 Å². The maximum Gasteiger partial charge on any atom is 0.0156 e. The van der Waals surface area contributed by atoms with Gasteiger partial charge in [0.2, 0.25) is 0 Å². The number of hydrogen-bond acceptors (Lipinski definition) is 1. The average molecular weight is 149 g/mol. The second kappa shape index (κ2) is 3.45. The van der Waals surface area contributed by atoms with Crippen molar-refractivity contribution in [2.24, 2.45) is 11.7 Å². The van der Waals surface area contributed by atoms with Crippen molar-refractivity contribution in [3.05, 3.63) is 29.2 Å². The largest absolute Gasteiger partial charge is 0.402 e. The predicted molar refractivity (Wildman–Crippen MR) is 47.9 cm³/mol. The Balaban J connectivity index is 2.57.